The zero-order valence-electron chi connectivity index (χ0n) is 6.54. The molecule has 11 heavy (non-hydrogen) atoms. The Balaban J connectivity index is -0.000000107. The third-order valence-electron chi connectivity index (χ3n) is 0.459. The first kappa shape index (κ1) is 16.5. The molecule has 0 amide bonds. The van der Waals surface area contributed by atoms with Crippen LogP contribution in [0, 0.1) is 0 Å². The van der Waals surface area contributed by atoms with Gasteiger partial charge in [-0.1, -0.05) is 12.7 Å². The average molecular weight is 162 g/mol. The fraction of sp³-hybridized carbons (Fsp3) is 0.286. The van der Waals surface area contributed by atoms with E-state index < -0.39 is 5.97 Å². The van der Waals surface area contributed by atoms with Crippen LogP contribution in [0.5, 0.6) is 0 Å². The smallest absolute Gasteiger partial charge is 0.327 e. The first-order valence-electron chi connectivity index (χ1n) is 2.64. The maximum Gasteiger partial charge on any atom is 0.327 e. The molecule has 0 aromatic heterocycles. The number of hydrogen-bond acceptors (Lipinski definition) is 2. The minimum absolute atomic E-state index is 0. The van der Waals surface area contributed by atoms with E-state index in [0.29, 0.717) is 6.61 Å². The summed E-state index contributed by atoms with van der Waals surface area (Å²) in [5, 5.41) is 7.60. The van der Waals surface area contributed by atoms with Crippen LogP contribution in [0.15, 0.2) is 25.3 Å². The van der Waals surface area contributed by atoms with Crippen LogP contribution in [0.3, 0.4) is 0 Å². The molecule has 0 saturated carbocycles. The normalized spacial score (nSPS) is 6.27. The van der Waals surface area contributed by atoms with Crippen LogP contribution < -0.4 is 0 Å². The van der Waals surface area contributed by atoms with Gasteiger partial charge in [-0.3, -0.25) is 0 Å². The monoisotopic (exact) mass is 162 g/mol. The number of carboxylic acid groups (broad SMARTS) is 1. The molecule has 0 radical (unpaired) electrons. The Kier molecular flexibility index (Phi) is 23.8. The summed E-state index contributed by atoms with van der Waals surface area (Å²) in [6.45, 7) is 7.04. The van der Waals surface area contributed by atoms with Gasteiger partial charge in [0.05, 0.1) is 6.61 Å². The molecule has 66 valence electrons. The van der Waals surface area contributed by atoms with E-state index in [1.54, 1.807) is 13.2 Å². The number of hydrogen-bond donors (Lipinski definition) is 1. The van der Waals surface area contributed by atoms with Gasteiger partial charge in [0.25, 0.3) is 0 Å². The molecule has 3 N–H and O–H groups in total. The fourth-order valence-corrected chi connectivity index (χ4v) is 0.118. The quantitative estimate of drug-likeness (QED) is 0.477. The SMILES string of the molecule is C=CC(=O)O.C=CCOC.O. The van der Waals surface area contributed by atoms with Crippen molar-refractivity contribution in [3.63, 3.8) is 0 Å². The molecule has 0 spiro atoms. The Hall–Kier alpha value is -1.13. The lowest BCUT2D eigenvalue weighted by atomic mass is 10.7. The van der Waals surface area contributed by atoms with Gasteiger partial charge >= 0.3 is 5.97 Å². The van der Waals surface area contributed by atoms with Crippen molar-refractivity contribution in [3.8, 4) is 0 Å². The number of carboxylic acids is 1. The molecule has 0 aromatic rings. The Morgan fingerprint density at radius 3 is 2.00 bits per heavy atom. The van der Waals surface area contributed by atoms with Crippen LogP contribution in [-0.4, -0.2) is 30.3 Å². The van der Waals surface area contributed by atoms with Gasteiger partial charge in [-0.2, -0.15) is 0 Å². The van der Waals surface area contributed by atoms with Gasteiger partial charge in [0, 0.05) is 13.2 Å². The molecule has 4 heteroatoms. The second-order valence-corrected chi connectivity index (χ2v) is 1.29. The molecule has 0 unspecified atom stereocenters. The van der Waals surface area contributed by atoms with Crippen LogP contribution in [0.2, 0.25) is 0 Å². The topological polar surface area (TPSA) is 78.0 Å². The summed E-state index contributed by atoms with van der Waals surface area (Å²) < 4.78 is 4.57. The second kappa shape index (κ2) is 15.9. The van der Waals surface area contributed by atoms with Crippen LogP contribution in [0.25, 0.3) is 0 Å². The number of rotatable bonds is 3. The minimum atomic E-state index is -0.981. The number of methoxy groups -OCH3 is 1. The lowest BCUT2D eigenvalue weighted by Gasteiger charge is -1.79. The van der Waals surface area contributed by atoms with Gasteiger partial charge in [0.2, 0.25) is 0 Å². The summed E-state index contributed by atoms with van der Waals surface area (Å²) in [6.07, 6.45) is 2.54. The fourth-order valence-electron chi connectivity index (χ4n) is 0.118. The first-order valence-corrected chi connectivity index (χ1v) is 2.64. The molecule has 0 heterocycles. The van der Waals surface area contributed by atoms with Gasteiger partial charge in [-0.15, -0.1) is 6.58 Å². The molecule has 0 fully saturated rings. The molecule has 0 saturated heterocycles. The van der Waals surface area contributed by atoms with Crippen molar-refractivity contribution < 1.29 is 20.1 Å². The molecule has 0 aliphatic carbocycles. The Morgan fingerprint density at radius 1 is 1.64 bits per heavy atom. The van der Waals surface area contributed by atoms with Crippen LogP contribution in [0.4, 0.5) is 0 Å². The zero-order chi connectivity index (χ0) is 8.41. The predicted octanol–water partition coefficient (Wildman–Crippen LogP) is 0.251. The highest BCUT2D eigenvalue weighted by Gasteiger charge is 1.73. The van der Waals surface area contributed by atoms with Crippen LogP contribution in [-0.2, 0) is 9.53 Å². The third kappa shape index (κ3) is 50.8. The summed E-state index contributed by atoms with van der Waals surface area (Å²) in [5.41, 5.74) is 0. The van der Waals surface area contributed by atoms with E-state index in [9.17, 15) is 4.79 Å². The zero-order valence-corrected chi connectivity index (χ0v) is 6.54. The van der Waals surface area contributed by atoms with E-state index in [2.05, 4.69) is 17.9 Å². The van der Waals surface area contributed by atoms with E-state index >= 15 is 0 Å². The summed E-state index contributed by atoms with van der Waals surface area (Å²) in [7, 11) is 1.64. The largest absolute Gasteiger partial charge is 0.478 e. The Bertz CT molecular complexity index is 109. The molecule has 0 bridgehead atoms. The summed E-state index contributed by atoms with van der Waals surface area (Å²) >= 11 is 0. The van der Waals surface area contributed by atoms with Gasteiger partial charge in [0.15, 0.2) is 0 Å². The molecule has 0 aliphatic rings. The summed E-state index contributed by atoms with van der Waals surface area (Å²) in [6, 6.07) is 0. The number of aliphatic carboxylic acids is 1. The number of carbonyl (C=O) groups is 1. The van der Waals surface area contributed by atoms with E-state index in [4.69, 9.17) is 5.11 Å². The molecular formula is C7H14O4. The highest BCUT2D eigenvalue weighted by Crippen LogP contribution is 1.60. The van der Waals surface area contributed by atoms with Gasteiger partial charge in [-0.05, 0) is 0 Å². The molecular weight excluding hydrogens is 148 g/mol. The van der Waals surface area contributed by atoms with Crippen molar-refractivity contribution in [1.82, 2.24) is 0 Å². The average Bonchev–Trinajstić information content (AvgIpc) is 1.91. The lowest BCUT2D eigenvalue weighted by Crippen LogP contribution is -1.82. The lowest BCUT2D eigenvalue weighted by molar-refractivity contribution is -0.131. The first-order chi connectivity index (χ1) is 4.68. The van der Waals surface area contributed by atoms with Crippen molar-refractivity contribution in [2.24, 2.45) is 0 Å². The molecule has 0 aliphatic heterocycles. The van der Waals surface area contributed by atoms with Crippen molar-refractivity contribution in [1.29, 1.82) is 0 Å². The van der Waals surface area contributed by atoms with Crippen molar-refractivity contribution in [2.75, 3.05) is 13.7 Å². The Labute approximate surface area is 66.1 Å². The van der Waals surface area contributed by atoms with Crippen molar-refractivity contribution in [2.45, 2.75) is 0 Å². The summed E-state index contributed by atoms with van der Waals surface area (Å²) in [5.74, 6) is -0.981. The van der Waals surface area contributed by atoms with E-state index in [-0.39, 0.29) is 5.48 Å². The van der Waals surface area contributed by atoms with Gasteiger partial charge in [-0.25, -0.2) is 4.79 Å². The van der Waals surface area contributed by atoms with Crippen molar-refractivity contribution >= 4 is 5.97 Å². The highest BCUT2D eigenvalue weighted by atomic mass is 16.5. The molecule has 0 rings (SSSR count). The van der Waals surface area contributed by atoms with Crippen molar-refractivity contribution in [3.05, 3.63) is 25.3 Å². The van der Waals surface area contributed by atoms with E-state index in [1.165, 1.54) is 0 Å². The van der Waals surface area contributed by atoms with Crippen LogP contribution in [0.1, 0.15) is 0 Å². The van der Waals surface area contributed by atoms with Crippen LogP contribution >= 0.6 is 0 Å². The summed E-state index contributed by atoms with van der Waals surface area (Å²) in [4.78, 5) is 9.25. The standard InChI is InChI=1S/C4H8O.C3H4O2.H2O/c1-3-4-5-2;1-2-3(4)5;/h3H,1,4H2,2H3;2H,1H2,(H,4,5);1H2. The predicted molar refractivity (Wildman–Crippen MR) is 43.5 cm³/mol. The molecule has 0 atom stereocenters. The maximum atomic E-state index is 9.25. The second-order valence-electron chi connectivity index (χ2n) is 1.29. The number of ether oxygens (including phenoxy) is 1. The third-order valence-corrected chi connectivity index (χ3v) is 0.459. The highest BCUT2D eigenvalue weighted by molar-refractivity contribution is 5.78. The maximum absolute atomic E-state index is 9.25. The minimum Gasteiger partial charge on any atom is -0.478 e. The van der Waals surface area contributed by atoms with E-state index in [1.807, 2.05) is 0 Å². The van der Waals surface area contributed by atoms with E-state index in [0.717, 1.165) is 6.08 Å². The Morgan fingerprint density at radius 2 is 2.00 bits per heavy atom. The van der Waals surface area contributed by atoms with Gasteiger partial charge < -0.3 is 15.3 Å². The molecule has 4 nitrogen and oxygen atoms in total. The molecule has 0 aromatic carbocycles. The van der Waals surface area contributed by atoms with Gasteiger partial charge in [0.1, 0.15) is 0 Å².